The average molecular weight is 340 g/mol. The molecule has 1 aromatic carbocycles. The molecule has 3 aromatic rings. The lowest BCUT2D eigenvalue weighted by molar-refractivity contribution is -0.140. The number of hydrogen-bond donors (Lipinski definition) is 1. The third-order valence-corrected chi connectivity index (χ3v) is 4.29. The topological polar surface area (TPSA) is 55.1 Å². The number of aromatic hydroxyl groups is 1. The lowest BCUT2D eigenvalue weighted by Gasteiger charge is -2.14. The molecule has 0 spiro atoms. The first-order valence-electron chi connectivity index (χ1n) is 6.61. The third kappa shape index (κ3) is 2.70. The van der Waals surface area contributed by atoms with Gasteiger partial charge >= 0.3 is 6.18 Å². The number of alkyl halides is 3. The zero-order valence-electron chi connectivity index (χ0n) is 11.9. The highest BCUT2D eigenvalue weighted by molar-refractivity contribution is 7.17. The number of pyridine rings is 1. The molecular weight excluding hydrogens is 329 g/mol. The van der Waals surface area contributed by atoms with Crippen molar-refractivity contribution in [1.82, 2.24) is 9.55 Å². The van der Waals surface area contributed by atoms with Gasteiger partial charge in [-0.05, 0) is 18.1 Å². The molecule has 8 heteroatoms. The molecule has 0 amide bonds. The number of thiazole rings is 1. The Morgan fingerprint density at radius 1 is 1.30 bits per heavy atom. The summed E-state index contributed by atoms with van der Waals surface area (Å²) in [5.41, 5.74) is 1.19. The van der Waals surface area contributed by atoms with Crippen molar-refractivity contribution >= 4 is 21.7 Å². The molecule has 2 heterocycles. The maximum Gasteiger partial charge on any atom is 0.406 e. The number of aromatic nitrogens is 2. The van der Waals surface area contributed by atoms with Crippen molar-refractivity contribution in [2.45, 2.75) is 19.6 Å². The first-order chi connectivity index (χ1) is 10.8. The minimum Gasteiger partial charge on any atom is -0.505 e. The summed E-state index contributed by atoms with van der Waals surface area (Å²) in [5, 5.41) is 10.4. The van der Waals surface area contributed by atoms with Crippen LogP contribution in [0.3, 0.4) is 0 Å². The standard InChI is InChI=1S/C15H11F3N2O2S/c1-8-4-2-3-5-9(8)10-11(21)12-13(19-7-23-12)20(14(10)22)6-15(16,17)18/h2-5,7,21H,6H2,1H3. The van der Waals surface area contributed by atoms with E-state index >= 15 is 0 Å². The fraction of sp³-hybridized carbons (Fsp3) is 0.200. The van der Waals surface area contributed by atoms with E-state index in [9.17, 15) is 23.1 Å². The predicted octanol–water partition coefficient (Wildman–Crippen LogP) is 3.70. The summed E-state index contributed by atoms with van der Waals surface area (Å²) in [7, 11) is 0. The monoisotopic (exact) mass is 340 g/mol. The molecule has 2 aromatic heterocycles. The predicted molar refractivity (Wildman–Crippen MR) is 81.8 cm³/mol. The highest BCUT2D eigenvalue weighted by atomic mass is 32.1. The summed E-state index contributed by atoms with van der Waals surface area (Å²) < 4.78 is 39.2. The van der Waals surface area contributed by atoms with E-state index in [1.54, 1.807) is 31.2 Å². The van der Waals surface area contributed by atoms with Crippen molar-refractivity contribution < 1.29 is 18.3 Å². The lowest BCUT2D eigenvalue weighted by atomic mass is 10.0. The molecule has 0 saturated heterocycles. The molecule has 0 fully saturated rings. The molecule has 0 radical (unpaired) electrons. The number of benzene rings is 1. The number of rotatable bonds is 2. The van der Waals surface area contributed by atoms with Gasteiger partial charge in [0, 0.05) is 0 Å². The van der Waals surface area contributed by atoms with Crippen molar-refractivity contribution in [3.8, 4) is 16.9 Å². The van der Waals surface area contributed by atoms with Gasteiger partial charge in [-0.15, -0.1) is 11.3 Å². The summed E-state index contributed by atoms with van der Waals surface area (Å²) in [6.07, 6.45) is -4.57. The molecule has 0 bridgehead atoms. The van der Waals surface area contributed by atoms with Crippen molar-refractivity contribution in [2.24, 2.45) is 0 Å². The SMILES string of the molecule is Cc1ccccc1-c1c(O)c2scnc2n(CC(F)(F)F)c1=O. The van der Waals surface area contributed by atoms with E-state index in [0.29, 0.717) is 15.7 Å². The number of halogens is 3. The third-order valence-electron chi connectivity index (χ3n) is 3.47. The zero-order chi connectivity index (χ0) is 16.8. The molecular formula is C15H11F3N2O2S. The van der Waals surface area contributed by atoms with Gasteiger partial charge in [0.25, 0.3) is 5.56 Å². The summed E-state index contributed by atoms with van der Waals surface area (Å²) in [6, 6.07) is 6.72. The van der Waals surface area contributed by atoms with Crippen molar-refractivity contribution in [3.63, 3.8) is 0 Å². The number of hydrogen-bond acceptors (Lipinski definition) is 4. The molecule has 0 atom stereocenters. The van der Waals surface area contributed by atoms with Crippen LogP contribution in [-0.2, 0) is 6.54 Å². The second kappa shape index (κ2) is 5.38. The van der Waals surface area contributed by atoms with Crippen molar-refractivity contribution in [1.29, 1.82) is 0 Å². The molecule has 23 heavy (non-hydrogen) atoms. The van der Waals surface area contributed by atoms with E-state index in [1.165, 1.54) is 5.51 Å². The van der Waals surface area contributed by atoms with Gasteiger partial charge in [-0.2, -0.15) is 13.2 Å². The van der Waals surface area contributed by atoms with Crippen molar-refractivity contribution in [3.05, 3.63) is 45.7 Å². The Balaban J connectivity index is 2.40. The Labute approximate surface area is 132 Å². The maximum atomic E-state index is 12.8. The van der Waals surface area contributed by atoms with Gasteiger partial charge < -0.3 is 5.11 Å². The molecule has 0 unspecified atom stereocenters. The average Bonchev–Trinajstić information content (AvgIpc) is 2.94. The van der Waals surface area contributed by atoms with Gasteiger partial charge in [-0.25, -0.2) is 4.98 Å². The highest BCUT2D eigenvalue weighted by Gasteiger charge is 2.31. The van der Waals surface area contributed by atoms with Gasteiger partial charge in [0.15, 0.2) is 5.65 Å². The molecule has 0 aliphatic rings. The van der Waals surface area contributed by atoms with Crippen LogP contribution in [0.15, 0.2) is 34.6 Å². The fourth-order valence-corrected chi connectivity index (χ4v) is 3.20. The normalized spacial score (nSPS) is 12.0. The smallest absolute Gasteiger partial charge is 0.406 e. The first-order valence-corrected chi connectivity index (χ1v) is 7.49. The fourth-order valence-electron chi connectivity index (χ4n) is 2.46. The van der Waals surface area contributed by atoms with Gasteiger partial charge in [-0.3, -0.25) is 9.36 Å². The van der Waals surface area contributed by atoms with E-state index in [4.69, 9.17) is 0 Å². The van der Waals surface area contributed by atoms with E-state index in [-0.39, 0.29) is 21.7 Å². The largest absolute Gasteiger partial charge is 0.505 e. The van der Waals surface area contributed by atoms with Crippen LogP contribution in [0, 0.1) is 6.92 Å². The van der Waals surface area contributed by atoms with Crippen LogP contribution >= 0.6 is 11.3 Å². The van der Waals surface area contributed by atoms with Gasteiger partial charge in [-0.1, -0.05) is 24.3 Å². The van der Waals surface area contributed by atoms with Crippen molar-refractivity contribution in [2.75, 3.05) is 0 Å². The van der Waals surface area contributed by atoms with Crippen LogP contribution in [0.2, 0.25) is 0 Å². The molecule has 0 saturated carbocycles. The van der Waals surface area contributed by atoms with E-state index in [2.05, 4.69) is 4.98 Å². The Morgan fingerprint density at radius 3 is 2.65 bits per heavy atom. The molecule has 1 N–H and O–H groups in total. The number of fused-ring (bicyclic) bond motifs is 1. The summed E-state index contributed by atoms with van der Waals surface area (Å²) >= 11 is 0.989. The van der Waals surface area contributed by atoms with Crippen LogP contribution < -0.4 is 5.56 Å². The molecule has 3 rings (SSSR count). The second-order valence-corrected chi connectivity index (χ2v) is 5.90. The van der Waals surface area contributed by atoms with Crippen LogP contribution in [0.5, 0.6) is 5.75 Å². The Kier molecular flexibility index (Phi) is 3.63. The van der Waals surface area contributed by atoms with Crippen LogP contribution in [-0.4, -0.2) is 20.8 Å². The Hall–Kier alpha value is -2.35. The van der Waals surface area contributed by atoms with E-state index in [0.717, 1.165) is 11.3 Å². The molecule has 0 aliphatic carbocycles. The van der Waals surface area contributed by atoms with Crippen LogP contribution in [0.4, 0.5) is 13.2 Å². The van der Waals surface area contributed by atoms with Crippen LogP contribution in [0.1, 0.15) is 5.56 Å². The lowest BCUT2D eigenvalue weighted by Crippen LogP contribution is -2.29. The minimum atomic E-state index is -4.57. The van der Waals surface area contributed by atoms with Crippen LogP contribution in [0.25, 0.3) is 21.5 Å². The Bertz CT molecular complexity index is 944. The zero-order valence-corrected chi connectivity index (χ0v) is 12.7. The number of nitrogens with zero attached hydrogens (tertiary/aromatic N) is 2. The Morgan fingerprint density at radius 2 is 2.00 bits per heavy atom. The molecule has 0 aliphatic heterocycles. The van der Waals surface area contributed by atoms with Gasteiger partial charge in [0.1, 0.15) is 17.0 Å². The summed E-state index contributed by atoms with van der Waals surface area (Å²) in [6.45, 7) is 0.268. The minimum absolute atomic E-state index is 0.135. The number of aryl methyl sites for hydroxylation is 1. The maximum absolute atomic E-state index is 12.8. The summed E-state index contributed by atoms with van der Waals surface area (Å²) in [5.74, 6) is -0.333. The highest BCUT2D eigenvalue weighted by Crippen LogP contribution is 2.36. The quantitative estimate of drug-likeness (QED) is 0.774. The van der Waals surface area contributed by atoms with Gasteiger partial charge in [0.2, 0.25) is 0 Å². The van der Waals surface area contributed by atoms with E-state index in [1.807, 2.05) is 0 Å². The first kappa shape index (κ1) is 15.5. The van der Waals surface area contributed by atoms with E-state index < -0.39 is 18.3 Å². The molecule has 120 valence electrons. The van der Waals surface area contributed by atoms with Gasteiger partial charge in [0.05, 0.1) is 11.1 Å². The molecule has 4 nitrogen and oxygen atoms in total. The summed E-state index contributed by atoms with van der Waals surface area (Å²) in [4.78, 5) is 16.4. The second-order valence-electron chi connectivity index (χ2n) is 5.05.